The molecule has 1 unspecified atom stereocenters. The van der Waals surface area contributed by atoms with Crippen molar-refractivity contribution in [1.29, 1.82) is 0 Å². The first-order chi connectivity index (χ1) is 5.84. The lowest BCUT2D eigenvalue weighted by molar-refractivity contribution is -0.161. The molecule has 0 aliphatic rings. The molecule has 0 radical (unpaired) electrons. The molecule has 1 atom stereocenters. The average molecular weight is 207 g/mol. The molecule has 13 heavy (non-hydrogen) atoms. The summed E-state index contributed by atoms with van der Waals surface area (Å²) in [4.78, 5) is 21.9. The van der Waals surface area contributed by atoms with Gasteiger partial charge in [-0.2, -0.15) is 0 Å². The van der Waals surface area contributed by atoms with Gasteiger partial charge in [0.05, 0.1) is 7.11 Å². The maximum Gasteiger partial charge on any atom is 0.326 e. The Bertz CT molecular complexity index is 255. The topological polar surface area (TPSA) is 63.6 Å². The monoisotopic (exact) mass is 206 g/mol. The van der Waals surface area contributed by atoms with Crippen LogP contribution in [0.3, 0.4) is 0 Å². The standard InChI is InChI=1S/C8H11ClO4/c1-5(9)4-8(2,6(10)11)7(12)13-3/h4H,1-3H3,(H,10,11). The van der Waals surface area contributed by atoms with E-state index in [1.54, 1.807) is 0 Å². The second-order valence-electron chi connectivity index (χ2n) is 2.73. The van der Waals surface area contributed by atoms with Gasteiger partial charge in [-0.1, -0.05) is 11.6 Å². The summed E-state index contributed by atoms with van der Waals surface area (Å²) in [6.45, 7) is 2.72. The molecule has 0 aromatic carbocycles. The van der Waals surface area contributed by atoms with Crippen molar-refractivity contribution < 1.29 is 19.4 Å². The van der Waals surface area contributed by atoms with Crippen LogP contribution < -0.4 is 0 Å². The molecular weight excluding hydrogens is 196 g/mol. The highest BCUT2D eigenvalue weighted by Gasteiger charge is 2.40. The zero-order valence-electron chi connectivity index (χ0n) is 7.63. The number of hydrogen-bond donors (Lipinski definition) is 1. The van der Waals surface area contributed by atoms with E-state index in [0.717, 1.165) is 13.2 Å². The smallest absolute Gasteiger partial charge is 0.326 e. The summed E-state index contributed by atoms with van der Waals surface area (Å²) in [6, 6.07) is 0. The molecule has 0 aliphatic heterocycles. The maximum absolute atomic E-state index is 11.1. The second-order valence-corrected chi connectivity index (χ2v) is 3.33. The van der Waals surface area contributed by atoms with Gasteiger partial charge in [0, 0.05) is 5.03 Å². The van der Waals surface area contributed by atoms with Crippen molar-refractivity contribution in [2.45, 2.75) is 13.8 Å². The van der Waals surface area contributed by atoms with Gasteiger partial charge in [0.2, 0.25) is 0 Å². The third-order valence-electron chi connectivity index (χ3n) is 1.54. The predicted octanol–water partition coefficient (Wildman–Crippen LogP) is 1.39. The Morgan fingerprint density at radius 2 is 2.00 bits per heavy atom. The third kappa shape index (κ3) is 2.73. The number of methoxy groups -OCH3 is 1. The normalized spacial score (nSPS) is 16.2. The zero-order chi connectivity index (χ0) is 10.6. The Balaban J connectivity index is 5.07. The van der Waals surface area contributed by atoms with E-state index in [-0.39, 0.29) is 5.03 Å². The molecule has 0 saturated carbocycles. The summed E-state index contributed by atoms with van der Waals surface area (Å²) in [6.07, 6.45) is 1.14. The number of rotatable bonds is 3. The number of esters is 1. The summed E-state index contributed by atoms with van der Waals surface area (Å²) < 4.78 is 4.35. The number of carboxylic acid groups (broad SMARTS) is 1. The van der Waals surface area contributed by atoms with Crippen LogP contribution in [-0.4, -0.2) is 24.2 Å². The largest absolute Gasteiger partial charge is 0.480 e. The first-order valence-electron chi connectivity index (χ1n) is 3.51. The highest BCUT2D eigenvalue weighted by Crippen LogP contribution is 2.23. The van der Waals surface area contributed by atoms with E-state index in [1.165, 1.54) is 13.8 Å². The van der Waals surface area contributed by atoms with Gasteiger partial charge in [-0.15, -0.1) is 0 Å². The lowest BCUT2D eigenvalue weighted by Gasteiger charge is -2.17. The zero-order valence-corrected chi connectivity index (χ0v) is 8.38. The van der Waals surface area contributed by atoms with Gasteiger partial charge in [-0.3, -0.25) is 9.59 Å². The van der Waals surface area contributed by atoms with Crippen LogP contribution in [0.4, 0.5) is 0 Å². The predicted molar refractivity (Wildman–Crippen MR) is 47.4 cm³/mol. The van der Waals surface area contributed by atoms with Crippen molar-refractivity contribution in [1.82, 2.24) is 0 Å². The molecule has 0 fully saturated rings. The molecule has 0 bridgehead atoms. The highest BCUT2D eigenvalue weighted by molar-refractivity contribution is 6.29. The molecule has 5 heteroatoms. The van der Waals surface area contributed by atoms with E-state index < -0.39 is 17.4 Å². The maximum atomic E-state index is 11.1. The Morgan fingerprint density at radius 3 is 2.23 bits per heavy atom. The molecular formula is C8H11ClO4. The molecule has 0 spiro atoms. The van der Waals surface area contributed by atoms with Gasteiger partial charge >= 0.3 is 11.9 Å². The number of allylic oxidation sites excluding steroid dienone is 1. The number of hydrogen-bond acceptors (Lipinski definition) is 3. The molecule has 1 N–H and O–H groups in total. The number of carbonyl (C=O) groups excluding carboxylic acids is 1. The number of halogens is 1. The SMILES string of the molecule is COC(=O)C(C)(C=C(C)Cl)C(=O)O. The number of carbonyl (C=O) groups is 2. The van der Waals surface area contributed by atoms with Crippen LogP contribution in [0.15, 0.2) is 11.1 Å². The number of carboxylic acids is 1. The van der Waals surface area contributed by atoms with Crippen LogP contribution >= 0.6 is 11.6 Å². The molecule has 0 saturated heterocycles. The van der Waals surface area contributed by atoms with E-state index >= 15 is 0 Å². The van der Waals surface area contributed by atoms with Crippen LogP contribution in [0.1, 0.15) is 13.8 Å². The molecule has 4 nitrogen and oxygen atoms in total. The summed E-state index contributed by atoms with van der Waals surface area (Å²) >= 11 is 5.50. The summed E-state index contributed by atoms with van der Waals surface area (Å²) in [5.74, 6) is -2.14. The van der Waals surface area contributed by atoms with Gasteiger partial charge in [-0.25, -0.2) is 0 Å². The number of aliphatic carboxylic acids is 1. The lowest BCUT2D eigenvalue weighted by Crippen LogP contribution is -2.35. The number of ether oxygens (including phenoxy) is 1. The van der Waals surface area contributed by atoms with Crippen molar-refractivity contribution >= 4 is 23.5 Å². The fraction of sp³-hybridized carbons (Fsp3) is 0.500. The Kier molecular flexibility index (Phi) is 3.94. The first kappa shape index (κ1) is 12.0. The van der Waals surface area contributed by atoms with Crippen LogP contribution in [0.25, 0.3) is 0 Å². The van der Waals surface area contributed by atoms with Gasteiger partial charge < -0.3 is 9.84 Å². The van der Waals surface area contributed by atoms with E-state index in [1.807, 2.05) is 0 Å². The molecule has 0 aromatic heterocycles. The van der Waals surface area contributed by atoms with Gasteiger partial charge in [0.25, 0.3) is 0 Å². The van der Waals surface area contributed by atoms with Crippen molar-refractivity contribution in [2.75, 3.05) is 7.11 Å². The minimum Gasteiger partial charge on any atom is -0.480 e. The molecule has 74 valence electrons. The van der Waals surface area contributed by atoms with E-state index in [2.05, 4.69) is 4.74 Å². The third-order valence-corrected chi connectivity index (χ3v) is 1.65. The van der Waals surface area contributed by atoms with E-state index in [0.29, 0.717) is 0 Å². The molecule has 0 aromatic rings. The van der Waals surface area contributed by atoms with Crippen LogP contribution in [0, 0.1) is 5.41 Å². The fourth-order valence-electron chi connectivity index (χ4n) is 0.818. The Morgan fingerprint density at radius 1 is 1.54 bits per heavy atom. The minimum absolute atomic E-state index is 0.232. The Hall–Kier alpha value is -1.03. The summed E-state index contributed by atoms with van der Waals surface area (Å²) in [5.41, 5.74) is -1.71. The van der Waals surface area contributed by atoms with E-state index in [9.17, 15) is 9.59 Å². The average Bonchev–Trinajstić information content (AvgIpc) is 2.01. The van der Waals surface area contributed by atoms with Crippen molar-refractivity contribution in [2.24, 2.45) is 5.41 Å². The fourth-order valence-corrected chi connectivity index (χ4v) is 1.04. The Labute approximate surface area is 81.1 Å². The van der Waals surface area contributed by atoms with Crippen molar-refractivity contribution in [3.05, 3.63) is 11.1 Å². The highest BCUT2D eigenvalue weighted by atomic mass is 35.5. The first-order valence-corrected chi connectivity index (χ1v) is 3.89. The molecule has 0 aliphatic carbocycles. The molecule has 0 heterocycles. The lowest BCUT2D eigenvalue weighted by atomic mass is 9.90. The van der Waals surface area contributed by atoms with Gasteiger partial charge in [0.15, 0.2) is 5.41 Å². The molecule has 0 rings (SSSR count). The summed E-state index contributed by atoms with van der Waals surface area (Å²) in [5, 5.41) is 9.01. The molecule has 0 amide bonds. The van der Waals surface area contributed by atoms with Crippen LogP contribution in [0.2, 0.25) is 0 Å². The van der Waals surface area contributed by atoms with Crippen LogP contribution in [-0.2, 0) is 14.3 Å². The van der Waals surface area contributed by atoms with Crippen LogP contribution in [0.5, 0.6) is 0 Å². The van der Waals surface area contributed by atoms with Crippen molar-refractivity contribution in [3.8, 4) is 0 Å². The van der Waals surface area contributed by atoms with Gasteiger partial charge in [-0.05, 0) is 19.9 Å². The van der Waals surface area contributed by atoms with Crippen molar-refractivity contribution in [3.63, 3.8) is 0 Å². The summed E-state index contributed by atoms with van der Waals surface area (Å²) in [7, 11) is 1.13. The minimum atomic E-state index is -1.71. The van der Waals surface area contributed by atoms with E-state index in [4.69, 9.17) is 16.7 Å². The second kappa shape index (κ2) is 4.28. The van der Waals surface area contributed by atoms with Gasteiger partial charge in [0.1, 0.15) is 0 Å². The quantitative estimate of drug-likeness (QED) is 0.560.